The average Bonchev–Trinajstić information content (AvgIpc) is 2.47. The van der Waals surface area contributed by atoms with Crippen LogP contribution < -0.4 is 10.1 Å². The second-order valence-electron chi connectivity index (χ2n) is 4.62. The molecule has 0 fully saturated rings. The SMILES string of the molecule is COc1cc(C(C)NCc2ccc(F)cc2)ccc1F. The highest BCUT2D eigenvalue weighted by molar-refractivity contribution is 5.32. The molecule has 106 valence electrons. The van der Waals surface area contributed by atoms with Gasteiger partial charge in [0.25, 0.3) is 0 Å². The number of hydrogen-bond donors (Lipinski definition) is 1. The fraction of sp³-hybridized carbons (Fsp3) is 0.250. The van der Waals surface area contributed by atoms with E-state index in [-0.39, 0.29) is 23.4 Å². The summed E-state index contributed by atoms with van der Waals surface area (Å²) in [6, 6.07) is 11.2. The maximum atomic E-state index is 13.3. The summed E-state index contributed by atoms with van der Waals surface area (Å²) in [5.41, 5.74) is 1.93. The lowest BCUT2D eigenvalue weighted by Gasteiger charge is -2.15. The molecule has 20 heavy (non-hydrogen) atoms. The molecule has 0 spiro atoms. The Morgan fingerprint density at radius 3 is 2.45 bits per heavy atom. The van der Waals surface area contributed by atoms with Crippen LogP contribution in [0.15, 0.2) is 42.5 Å². The molecular weight excluding hydrogens is 260 g/mol. The van der Waals surface area contributed by atoms with E-state index in [1.165, 1.54) is 25.3 Å². The number of ether oxygens (including phenoxy) is 1. The van der Waals surface area contributed by atoms with Crippen LogP contribution in [0.3, 0.4) is 0 Å². The zero-order valence-electron chi connectivity index (χ0n) is 11.5. The Bertz CT molecular complexity index is 569. The molecule has 0 amide bonds. The highest BCUT2D eigenvalue weighted by Crippen LogP contribution is 2.22. The first-order valence-corrected chi connectivity index (χ1v) is 6.41. The minimum Gasteiger partial charge on any atom is -0.494 e. The number of halogens is 2. The molecule has 2 aromatic rings. The fourth-order valence-electron chi connectivity index (χ4n) is 1.94. The van der Waals surface area contributed by atoms with Crippen LogP contribution in [0.1, 0.15) is 24.1 Å². The molecule has 0 aliphatic heterocycles. The van der Waals surface area contributed by atoms with Crippen LogP contribution in [0.25, 0.3) is 0 Å². The number of methoxy groups -OCH3 is 1. The highest BCUT2D eigenvalue weighted by atomic mass is 19.1. The Kier molecular flexibility index (Phi) is 4.69. The number of benzene rings is 2. The lowest BCUT2D eigenvalue weighted by molar-refractivity contribution is 0.385. The number of hydrogen-bond acceptors (Lipinski definition) is 2. The van der Waals surface area contributed by atoms with Crippen molar-refractivity contribution in [1.82, 2.24) is 5.32 Å². The molecule has 4 heteroatoms. The molecule has 0 radical (unpaired) electrons. The van der Waals surface area contributed by atoms with E-state index in [0.717, 1.165) is 11.1 Å². The van der Waals surface area contributed by atoms with Gasteiger partial charge >= 0.3 is 0 Å². The van der Waals surface area contributed by atoms with Crippen molar-refractivity contribution in [2.24, 2.45) is 0 Å². The molecule has 0 saturated heterocycles. The first kappa shape index (κ1) is 14.5. The molecule has 2 aromatic carbocycles. The minimum atomic E-state index is -0.373. The summed E-state index contributed by atoms with van der Waals surface area (Å²) >= 11 is 0. The minimum absolute atomic E-state index is 0.0366. The smallest absolute Gasteiger partial charge is 0.165 e. The summed E-state index contributed by atoms with van der Waals surface area (Å²) in [4.78, 5) is 0. The van der Waals surface area contributed by atoms with E-state index in [0.29, 0.717) is 6.54 Å². The van der Waals surface area contributed by atoms with E-state index in [9.17, 15) is 8.78 Å². The Morgan fingerprint density at radius 2 is 1.80 bits per heavy atom. The van der Waals surface area contributed by atoms with E-state index in [4.69, 9.17) is 4.74 Å². The second kappa shape index (κ2) is 6.48. The maximum absolute atomic E-state index is 13.3. The van der Waals surface area contributed by atoms with Crippen LogP contribution in [-0.2, 0) is 6.54 Å². The van der Waals surface area contributed by atoms with Gasteiger partial charge in [-0.1, -0.05) is 18.2 Å². The van der Waals surface area contributed by atoms with Crippen LogP contribution in [-0.4, -0.2) is 7.11 Å². The zero-order valence-corrected chi connectivity index (χ0v) is 11.5. The molecule has 0 heterocycles. The molecular formula is C16H17F2NO. The van der Waals surface area contributed by atoms with E-state index in [2.05, 4.69) is 5.32 Å². The van der Waals surface area contributed by atoms with Gasteiger partial charge in [0.1, 0.15) is 5.82 Å². The predicted molar refractivity (Wildman–Crippen MR) is 74.6 cm³/mol. The Balaban J connectivity index is 2.01. The molecule has 1 atom stereocenters. The third-order valence-electron chi connectivity index (χ3n) is 3.20. The molecule has 1 N–H and O–H groups in total. The lowest BCUT2D eigenvalue weighted by Crippen LogP contribution is -2.18. The van der Waals surface area contributed by atoms with E-state index >= 15 is 0 Å². The molecule has 0 aliphatic rings. The van der Waals surface area contributed by atoms with Crippen LogP contribution in [0, 0.1) is 11.6 Å². The summed E-state index contributed by atoms with van der Waals surface area (Å²) in [6.07, 6.45) is 0. The van der Waals surface area contributed by atoms with E-state index < -0.39 is 0 Å². The quantitative estimate of drug-likeness (QED) is 0.897. The second-order valence-corrected chi connectivity index (χ2v) is 4.62. The number of rotatable bonds is 5. The Morgan fingerprint density at radius 1 is 1.10 bits per heavy atom. The van der Waals surface area contributed by atoms with Gasteiger partial charge < -0.3 is 10.1 Å². The van der Waals surface area contributed by atoms with E-state index in [1.54, 1.807) is 24.3 Å². The van der Waals surface area contributed by atoms with Gasteiger partial charge in [0.2, 0.25) is 0 Å². The molecule has 0 bridgehead atoms. The van der Waals surface area contributed by atoms with Crippen molar-refractivity contribution < 1.29 is 13.5 Å². The molecule has 1 unspecified atom stereocenters. The van der Waals surface area contributed by atoms with Gasteiger partial charge in [-0.2, -0.15) is 0 Å². The fourth-order valence-corrected chi connectivity index (χ4v) is 1.94. The summed E-state index contributed by atoms with van der Waals surface area (Å²) in [7, 11) is 1.44. The van der Waals surface area contributed by atoms with Crippen molar-refractivity contribution in [2.45, 2.75) is 19.5 Å². The monoisotopic (exact) mass is 277 g/mol. The Labute approximate surface area is 117 Å². The van der Waals surface area contributed by atoms with Crippen LogP contribution >= 0.6 is 0 Å². The van der Waals surface area contributed by atoms with Gasteiger partial charge in [-0.15, -0.1) is 0 Å². The molecule has 2 nitrogen and oxygen atoms in total. The van der Waals surface area contributed by atoms with Gasteiger partial charge in [0.15, 0.2) is 11.6 Å². The van der Waals surface area contributed by atoms with Gasteiger partial charge in [-0.25, -0.2) is 8.78 Å². The summed E-state index contributed by atoms with van der Waals surface area (Å²) in [5.74, 6) is -0.384. The third kappa shape index (κ3) is 3.54. The van der Waals surface area contributed by atoms with Crippen molar-refractivity contribution in [1.29, 1.82) is 0 Å². The first-order chi connectivity index (χ1) is 9.60. The summed E-state index contributed by atoms with van der Waals surface area (Å²) < 4.78 is 31.1. The van der Waals surface area contributed by atoms with Crippen LogP contribution in [0.4, 0.5) is 8.78 Å². The van der Waals surface area contributed by atoms with Gasteiger partial charge in [-0.05, 0) is 42.3 Å². The molecule has 0 aromatic heterocycles. The summed E-state index contributed by atoms with van der Waals surface area (Å²) in [5, 5.41) is 3.30. The topological polar surface area (TPSA) is 21.3 Å². The lowest BCUT2D eigenvalue weighted by atomic mass is 10.1. The predicted octanol–water partition coefficient (Wildman–Crippen LogP) is 3.82. The third-order valence-corrected chi connectivity index (χ3v) is 3.20. The maximum Gasteiger partial charge on any atom is 0.165 e. The molecule has 0 aliphatic carbocycles. The molecule has 2 rings (SSSR count). The first-order valence-electron chi connectivity index (χ1n) is 6.41. The summed E-state index contributed by atoms with van der Waals surface area (Å²) in [6.45, 7) is 2.59. The van der Waals surface area contributed by atoms with Crippen LogP contribution in [0.2, 0.25) is 0 Å². The van der Waals surface area contributed by atoms with E-state index in [1.807, 2.05) is 6.92 Å². The number of nitrogens with one attached hydrogen (secondary N) is 1. The van der Waals surface area contributed by atoms with Crippen molar-refractivity contribution in [3.05, 3.63) is 65.2 Å². The van der Waals surface area contributed by atoms with Gasteiger partial charge in [0, 0.05) is 12.6 Å². The van der Waals surface area contributed by atoms with Gasteiger partial charge in [-0.3, -0.25) is 0 Å². The van der Waals surface area contributed by atoms with Crippen LogP contribution in [0.5, 0.6) is 5.75 Å². The largest absolute Gasteiger partial charge is 0.494 e. The average molecular weight is 277 g/mol. The zero-order chi connectivity index (χ0) is 14.5. The van der Waals surface area contributed by atoms with Crippen molar-refractivity contribution in [2.75, 3.05) is 7.11 Å². The highest BCUT2D eigenvalue weighted by Gasteiger charge is 2.09. The van der Waals surface area contributed by atoms with Crippen molar-refractivity contribution in [3.8, 4) is 5.75 Å². The van der Waals surface area contributed by atoms with Gasteiger partial charge in [0.05, 0.1) is 7.11 Å². The normalized spacial score (nSPS) is 12.2. The molecule has 0 saturated carbocycles. The Hall–Kier alpha value is -1.94. The standard InChI is InChI=1S/C16H17F2NO/c1-11(13-5-8-15(18)16(9-13)20-2)19-10-12-3-6-14(17)7-4-12/h3-9,11,19H,10H2,1-2H3. The van der Waals surface area contributed by atoms with Crippen molar-refractivity contribution >= 4 is 0 Å². The van der Waals surface area contributed by atoms with Crippen molar-refractivity contribution in [3.63, 3.8) is 0 Å².